The highest BCUT2D eigenvalue weighted by Gasteiger charge is 2.62. The number of ether oxygens (including phenoxy) is 1. The molecule has 1 aromatic heterocycles. The zero-order chi connectivity index (χ0) is 32.9. The molecule has 3 N–H and O–H groups in total. The molecule has 2 aliphatic heterocycles. The van der Waals surface area contributed by atoms with Crippen molar-refractivity contribution in [3.8, 4) is 5.88 Å². The fraction of sp³-hybridized carbons (Fsp3) is 0.686. The number of carbonyl (C=O) groups excluding carboxylic acids is 3. The van der Waals surface area contributed by atoms with Gasteiger partial charge in [0.05, 0.1) is 29.8 Å². The summed E-state index contributed by atoms with van der Waals surface area (Å²) in [7, 11) is 0. The summed E-state index contributed by atoms with van der Waals surface area (Å²) in [6.07, 6.45) is 5.49. The Balaban J connectivity index is 1.46. The number of hydrogen-bond donors (Lipinski definition) is 3. The Morgan fingerprint density at radius 2 is 1.64 bits per heavy atom. The summed E-state index contributed by atoms with van der Waals surface area (Å²) in [4.78, 5) is 52.1. The van der Waals surface area contributed by atoms with E-state index in [4.69, 9.17) is 10.5 Å². The number of thiol groups is 1. The molecule has 0 spiro atoms. The third-order valence-corrected chi connectivity index (χ3v) is 11.0. The first-order chi connectivity index (χ1) is 21.0. The Morgan fingerprint density at radius 3 is 2.31 bits per heavy atom. The molecule has 8 atom stereocenters. The minimum absolute atomic E-state index is 0.00871. The smallest absolute Gasteiger partial charge is 0.243 e. The average molecular weight is 638 g/mol. The number of piperidine rings is 1. The third-order valence-electron chi connectivity index (χ3n) is 10.6. The molecule has 0 bridgehead atoms. The van der Waals surface area contributed by atoms with Crippen LogP contribution in [-0.2, 0) is 14.4 Å². The van der Waals surface area contributed by atoms with Crippen LogP contribution in [0.15, 0.2) is 30.5 Å². The first-order valence-corrected chi connectivity index (χ1v) is 17.0. The van der Waals surface area contributed by atoms with Gasteiger partial charge in [0, 0.05) is 5.41 Å². The van der Waals surface area contributed by atoms with Gasteiger partial charge in [0.15, 0.2) is 0 Å². The number of benzene rings is 1. The minimum atomic E-state index is -1.02. The summed E-state index contributed by atoms with van der Waals surface area (Å²) < 4.78 is 6.44. The Labute approximate surface area is 273 Å². The van der Waals surface area contributed by atoms with Crippen LogP contribution in [0.3, 0.4) is 0 Å². The Morgan fingerprint density at radius 1 is 1.00 bits per heavy atom. The molecule has 3 aliphatic rings. The van der Waals surface area contributed by atoms with Crippen LogP contribution in [0.5, 0.6) is 5.88 Å². The molecule has 45 heavy (non-hydrogen) atoms. The van der Waals surface area contributed by atoms with E-state index < -0.39 is 29.1 Å². The monoisotopic (exact) mass is 637 g/mol. The van der Waals surface area contributed by atoms with E-state index in [2.05, 4.69) is 62.5 Å². The first kappa shape index (κ1) is 33.6. The average Bonchev–Trinajstić information content (AvgIpc) is 3.67. The molecule has 1 saturated carbocycles. The molecule has 9 nitrogen and oxygen atoms in total. The van der Waals surface area contributed by atoms with Crippen LogP contribution in [0.4, 0.5) is 0 Å². The lowest BCUT2D eigenvalue weighted by molar-refractivity contribution is -0.152. The summed E-state index contributed by atoms with van der Waals surface area (Å²) in [5.74, 6) is 0.679. The lowest BCUT2D eigenvalue weighted by Gasteiger charge is -2.48. The molecule has 2 amide bonds. The van der Waals surface area contributed by atoms with Crippen LogP contribution in [0.1, 0.15) is 87.0 Å². The van der Waals surface area contributed by atoms with E-state index >= 15 is 0 Å². The molecule has 1 aliphatic carbocycles. The van der Waals surface area contributed by atoms with Crippen molar-refractivity contribution in [2.45, 2.75) is 111 Å². The van der Waals surface area contributed by atoms with Crippen LogP contribution < -0.4 is 15.8 Å². The van der Waals surface area contributed by atoms with E-state index in [1.165, 1.54) is 0 Å². The third kappa shape index (κ3) is 7.17. The second kappa shape index (κ2) is 12.5. The standard InChI is InChI=1S/C35H51N5O4S/c1-20-12-22(3)23-16-35(23,32(43)45)39-30(41)27-17-34(6,7)28(44-29-18-37-25-10-8-9-11-26(25)38-29)19-40(27)31(42)24(36)13-21(2)15-33(4,5)14-20/h8-11,18,20-24,27-28H,12-17,19,36H2,1-7H3,(H,39,41)(H,43,45)/t20?,21?,22-,23?,24?,27?,28?,35?/m0/s1. The maximum absolute atomic E-state index is 14.2. The molecule has 2 saturated heterocycles. The predicted molar refractivity (Wildman–Crippen MR) is 179 cm³/mol. The Hall–Kier alpha value is -2.72. The Kier molecular flexibility index (Phi) is 9.32. The van der Waals surface area contributed by atoms with Crippen molar-refractivity contribution in [2.75, 3.05) is 6.54 Å². The van der Waals surface area contributed by atoms with Crippen molar-refractivity contribution < 1.29 is 19.1 Å². The molecule has 1 aromatic carbocycles. The number of amides is 2. The maximum atomic E-state index is 14.2. The van der Waals surface area contributed by atoms with Crippen molar-refractivity contribution in [1.29, 1.82) is 0 Å². The summed E-state index contributed by atoms with van der Waals surface area (Å²) in [6.45, 7) is 15.4. The van der Waals surface area contributed by atoms with Crippen molar-refractivity contribution in [3.05, 3.63) is 30.5 Å². The van der Waals surface area contributed by atoms with Gasteiger partial charge >= 0.3 is 0 Å². The van der Waals surface area contributed by atoms with Gasteiger partial charge in [-0.3, -0.25) is 14.4 Å². The minimum Gasteiger partial charge on any atom is -0.471 e. The summed E-state index contributed by atoms with van der Waals surface area (Å²) in [5.41, 5.74) is 6.66. The van der Waals surface area contributed by atoms with Gasteiger partial charge in [-0.1, -0.05) is 60.6 Å². The fourth-order valence-electron chi connectivity index (χ4n) is 8.51. The van der Waals surface area contributed by atoms with Gasteiger partial charge in [0.2, 0.25) is 22.8 Å². The number of aromatic nitrogens is 2. The molecule has 10 heteroatoms. The Bertz CT molecular complexity index is 1450. The molecule has 7 unspecified atom stereocenters. The van der Waals surface area contributed by atoms with Crippen molar-refractivity contribution in [1.82, 2.24) is 20.2 Å². The summed E-state index contributed by atoms with van der Waals surface area (Å²) in [6, 6.07) is 6.00. The van der Waals surface area contributed by atoms with Crippen molar-refractivity contribution >= 4 is 40.6 Å². The van der Waals surface area contributed by atoms with Crippen LogP contribution in [0.25, 0.3) is 11.0 Å². The van der Waals surface area contributed by atoms with Gasteiger partial charge in [0.1, 0.15) is 17.7 Å². The van der Waals surface area contributed by atoms with Gasteiger partial charge in [-0.05, 0) is 79.7 Å². The fourth-order valence-corrected chi connectivity index (χ4v) is 8.83. The van der Waals surface area contributed by atoms with E-state index in [1.807, 2.05) is 38.1 Å². The normalized spacial score (nSPS) is 35.6. The van der Waals surface area contributed by atoms with Gasteiger partial charge in [-0.15, -0.1) is 12.6 Å². The van der Waals surface area contributed by atoms with Gasteiger partial charge in [0.25, 0.3) is 0 Å². The number of fused-ring (bicyclic) bond motifs is 3. The second-order valence-electron chi connectivity index (χ2n) is 15.9. The molecule has 3 heterocycles. The summed E-state index contributed by atoms with van der Waals surface area (Å²) >= 11 is 4.27. The molecule has 2 aromatic rings. The van der Waals surface area contributed by atoms with E-state index in [0.29, 0.717) is 36.6 Å². The SMILES string of the molecule is CC1CC(N)C(=O)N2CC(Oc3cnc4ccccc4n3)C(C)(C)CC2C(=O)NC2(C(=O)S)CC2[C@@H](C)CC(C)CC(C)(C)C1. The van der Waals surface area contributed by atoms with Gasteiger partial charge in [-0.25, -0.2) is 9.97 Å². The van der Waals surface area contributed by atoms with E-state index in [0.717, 1.165) is 24.8 Å². The zero-order valence-electron chi connectivity index (χ0n) is 27.9. The number of nitrogens with two attached hydrogens (primary N) is 1. The maximum Gasteiger partial charge on any atom is 0.243 e. The number of para-hydroxylation sites is 2. The van der Waals surface area contributed by atoms with E-state index in [9.17, 15) is 14.4 Å². The molecular formula is C35H51N5O4S. The van der Waals surface area contributed by atoms with Crippen molar-refractivity contribution in [2.24, 2.45) is 40.2 Å². The number of rotatable bonds is 3. The van der Waals surface area contributed by atoms with E-state index in [1.54, 1.807) is 11.1 Å². The van der Waals surface area contributed by atoms with E-state index in [-0.39, 0.29) is 46.6 Å². The number of nitrogens with one attached hydrogen (secondary N) is 1. The predicted octanol–water partition coefficient (Wildman–Crippen LogP) is 5.17. The van der Waals surface area contributed by atoms with Gasteiger partial charge < -0.3 is 20.7 Å². The molecule has 246 valence electrons. The van der Waals surface area contributed by atoms with Crippen LogP contribution in [-0.4, -0.2) is 62.1 Å². The lowest BCUT2D eigenvalue weighted by atomic mass is 9.73. The highest BCUT2D eigenvalue weighted by atomic mass is 32.1. The van der Waals surface area contributed by atoms with Crippen LogP contribution in [0, 0.1) is 34.5 Å². The number of hydrogen-bond acceptors (Lipinski definition) is 7. The quantitative estimate of drug-likeness (QED) is 0.396. The molecular weight excluding hydrogens is 586 g/mol. The topological polar surface area (TPSA) is 128 Å². The highest BCUT2D eigenvalue weighted by Crippen LogP contribution is 2.52. The lowest BCUT2D eigenvalue weighted by Crippen LogP contribution is -2.65. The summed E-state index contributed by atoms with van der Waals surface area (Å²) in [5, 5.41) is 2.79. The zero-order valence-corrected chi connectivity index (χ0v) is 28.8. The largest absolute Gasteiger partial charge is 0.471 e. The molecule has 0 radical (unpaired) electrons. The first-order valence-electron chi connectivity index (χ1n) is 16.5. The van der Waals surface area contributed by atoms with Crippen molar-refractivity contribution in [3.63, 3.8) is 0 Å². The molecule has 3 fully saturated rings. The molecule has 5 rings (SSSR count). The van der Waals surface area contributed by atoms with Crippen LogP contribution >= 0.6 is 12.6 Å². The second-order valence-corrected chi connectivity index (χ2v) is 16.3. The number of nitrogens with zero attached hydrogens (tertiary/aromatic N) is 3. The highest BCUT2D eigenvalue weighted by molar-refractivity contribution is 7.96. The van der Waals surface area contributed by atoms with Crippen LogP contribution in [0.2, 0.25) is 0 Å². The van der Waals surface area contributed by atoms with Gasteiger partial charge in [-0.2, -0.15) is 0 Å². The number of carbonyl (C=O) groups is 3.